The summed E-state index contributed by atoms with van der Waals surface area (Å²) in [6.45, 7) is 16.5. The highest BCUT2D eigenvalue weighted by Gasteiger charge is 2.24. The normalized spacial score (nSPS) is 20.2. The van der Waals surface area contributed by atoms with Crippen molar-refractivity contribution in [2.45, 2.75) is 32.5 Å². The molecule has 1 amide bonds. The Labute approximate surface area is 121 Å². The van der Waals surface area contributed by atoms with Crippen molar-refractivity contribution in [2.75, 3.05) is 46.4 Å². The fourth-order valence-electron chi connectivity index (χ4n) is 1.92. The Morgan fingerprint density at radius 1 is 1.55 bits per heavy atom. The second-order valence-corrected chi connectivity index (χ2v) is 6.04. The Morgan fingerprint density at radius 3 is 2.85 bits per heavy atom. The van der Waals surface area contributed by atoms with E-state index in [1.807, 2.05) is 20.8 Å². The molecule has 20 heavy (non-hydrogen) atoms. The summed E-state index contributed by atoms with van der Waals surface area (Å²) in [7, 11) is 1.74. The van der Waals surface area contributed by atoms with E-state index in [1.54, 1.807) is 11.9 Å². The van der Waals surface area contributed by atoms with E-state index in [0.29, 0.717) is 19.7 Å². The van der Waals surface area contributed by atoms with Crippen molar-refractivity contribution in [3.05, 3.63) is 11.4 Å². The first-order valence-electron chi connectivity index (χ1n) is 6.93. The summed E-state index contributed by atoms with van der Waals surface area (Å²) in [6.07, 6.45) is -0.309. The molecule has 0 radical (unpaired) electrons. The number of carbonyl (C=O) groups excluding carboxylic acids is 1. The van der Waals surface area contributed by atoms with Gasteiger partial charge < -0.3 is 19.2 Å². The van der Waals surface area contributed by atoms with Crippen molar-refractivity contribution in [3.63, 3.8) is 0 Å². The van der Waals surface area contributed by atoms with Gasteiger partial charge in [-0.1, -0.05) is 0 Å². The standard InChI is InChI=1S/C14H25N3O3/c1-14(2,3)20-13(18)16(5)6-7-17-8-9-19-12(11-17)10-15-4/h12H,6-11H2,1-3,5H3/t12-/m1/s1. The van der Waals surface area contributed by atoms with E-state index in [1.165, 1.54) is 0 Å². The third kappa shape index (κ3) is 6.22. The highest BCUT2D eigenvalue weighted by molar-refractivity contribution is 5.67. The lowest BCUT2D eigenvalue weighted by Gasteiger charge is -2.32. The molecule has 0 N–H and O–H groups in total. The minimum Gasteiger partial charge on any atom is -0.444 e. The van der Waals surface area contributed by atoms with E-state index in [0.717, 1.165) is 19.6 Å². The van der Waals surface area contributed by atoms with E-state index in [2.05, 4.69) is 9.74 Å². The Hall–Kier alpha value is -1.32. The zero-order valence-corrected chi connectivity index (χ0v) is 12.9. The molecule has 1 atom stereocenters. The molecule has 6 heteroatoms. The van der Waals surface area contributed by atoms with Crippen molar-refractivity contribution in [1.29, 1.82) is 0 Å². The molecule has 1 saturated heterocycles. The summed E-state index contributed by atoms with van der Waals surface area (Å²) in [6, 6.07) is 0. The molecule has 6 nitrogen and oxygen atoms in total. The smallest absolute Gasteiger partial charge is 0.410 e. The number of likely N-dealkylation sites (N-methyl/N-ethyl adjacent to an activating group) is 1. The first-order valence-corrected chi connectivity index (χ1v) is 6.93. The third-order valence-electron chi connectivity index (χ3n) is 2.97. The summed E-state index contributed by atoms with van der Waals surface area (Å²) in [4.78, 5) is 19.0. The summed E-state index contributed by atoms with van der Waals surface area (Å²) in [5, 5.41) is 0. The summed E-state index contributed by atoms with van der Waals surface area (Å²) >= 11 is 0. The Balaban J connectivity index is 2.32. The van der Waals surface area contributed by atoms with Gasteiger partial charge in [-0.25, -0.2) is 11.4 Å². The zero-order valence-electron chi connectivity index (χ0n) is 12.9. The van der Waals surface area contributed by atoms with Gasteiger partial charge in [0, 0.05) is 33.2 Å². The Bertz CT molecular complexity index is 360. The van der Waals surface area contributed by atoms with Gasteiger partial charge in [-0.2, -0.15) is 0 Å². The number of rotatable bonds is 4. The van der Waals surface area contributed by atoms with Gasteiger partial charge in [-0.3, -0.25) is 4.90 Å². The molecule has 1 fully saturated rings. The van der Waals surface area contributed by atoms with Crippen molar-refractivity contribution in [2.24, 2.45) is 0 Å². The molecular formula is C14H25N3O3. The number of ether oxygens (including phenoxy) is 2. The highest BCUT2D eigenvalue weighted by atomic mass is 16.6. The lowest BCUT2D eigenvalue weighted by atomic mass is 10.2. The van der Waals surface area contributed by atoms with Crippen LogP contribution in [0.15, 0.2) is 0 Å². The first-order chi connectivity index (χ1) is 9.31. The Morgan fingerprint density at radius 2 is 2.25 bits per heavy atom. The molecule has 1 heterocycles. The van der Waals surface area contributed by atoms with Gasteiger partial charge in [0.1, 0.15) is 11.7 Å². The van der Waals surface area contributed by atoms with Crippen LogP contribution < -0.4 is 0 Å². The summed E-state index contributed by atoms with van der Waals surface area (Å²) in [5.41, 5.74) is -0.467. The molecule has 0 saturated carbocycles. The van der Waals surface area contributed by atoms with E-state index in [4.69, 9.17) is 16.0 Å². The molecule has 0 unspecified atom stereocenters. The van der Waals surface area contributed by atoms with Crippen LogP contribution in [-0.2, 0) is 9.47 Å². The number of hydrogen-bond acceptors (Lipinski definition) is 4. The van der Waals surface area contributed by atoms with Crippen molar-refractivity contribution in [1.82, 2.24) is 9.80 Å². The molecule has 1 aliphatic heterocycles. The topological polar surface area (TPSA) is 46.4 Å². The van der Waals surface area contributed by atoms with Crippen LogP contribution in [0.3, 0.4) is 0 Å². The van der Waals surface area contributed by atoms with Gasteiger partial charge in [0.25, 0.3) is 0 Å². The molecule has 0 aromatic heterocycles. The highest BCUT2D eigenvalue weighted by Crippen LogP contribution is 2.10. The predicted molar refractivity (Wildman–Crippen MR) is 76.5 cm³/mol. The van der Waals surface area contributed by atoms with Crippen molar-refractivity contribution < 1.29 is 14.3 Å². The number of hydrogen-bond donors (Lipinski definition) is 0. The summed E-state index contributed by atoms with van der Waals surface area (Å²) < 4.78 is 10.8. The lowest BCUT2D eigenvalue weighted by molar-refractivity contribution is -0.0226. The van der Waals surface area contributed by atoms with Gasteiger partial charge in [0.15, 0.2) is 0 Å². The van der Waals surface area contributed by atoms with Gasteiger partial charge in [-0.05, 0) is 20.8 Å². The lowest BCUT2D eigenvalue weighted by Crippen LogP contribution is -2.47. The molecule has 0 spiro atoms. The third-order valence-corrected chi connectivity index (χ3v) is 2.97. The fraction of sp³-hybridized carbons (Fsp3) is 0.857. The van der Waals surface area contributed by atoms with Crippen LogP contribution in [0.25, 0.3) is 4.85 Å². The van der Waals surface area contributed by atoms with Crippen LogP contribution >= 0.6 is 0 Å². The minimum atomic E-state index is -0.467. The van der Waals surface area contributed by atoms with Crippen molar-refractivity contribution in [3.8, 4) is 0 Å². The first kappa shape index (κ1) is 16.7. The predicted octanol–water partition coefficient (Wildman–Crippen LogP) is 1.47. The van der Waals surface area contributed by atoms with E-state index in [9.17, 15) is 4.79 Å². The second-order valence-electron chi connectivity index (χ2n) is 6.04. The van der Waals surface area contributed by atoms with Crippen LogP contribution in [0.4, 0.5) is 4.79 Å². The van der Waals surface area contributed by atoms with E-state index >= 15 is 0 Å². The van der Waals surface area contributed by atoms with Crippen LogP contribution in [0.1, 0.15) is 20.8 Å². The van der Waals surface area contributed by atoms with Crippen LogP contribution in [0.5, 0.6) is 0 Å². The SMILES string of the molecule is [C-]#[N+]C[C@@H]1CN(CCN(C)C(=O)OC(C)(C)C)CCO1. The van der Waals surface area contributed by atoms with Gasteiger partial charge >= 0.3 is 6.09 Å². The maximum absolute atomic E-state index is 11.8. The second kappa shape index (κ2) is 7.46. The molecule has 114 valence electrons. The van der Waals surface area contributed by atoms with Gasteiger partial charge in [0.05, 0.1) is 6.61 Å². The quantitative estimate of drug-likeness (QED) is 0.733. The number of amides is 1. The van der Waals surface area contributed by atoms with Crippen LogP contribution in [-0.4, -0.2) is 74.0 Å². The van der Waals surface area contributed by atoms with Gasteiger partial charge in [-0.15, -0.1) is 0 Å². The van der Waals surface area contributed by atoms with Crippen LogP contribution in [0.2, 0.25) is 0 Å². The maximum atomic E-state index is 11.8. The molecule has 0 aliphatic carbocycles. The summed E-state index contributed by atoms with van der Waals surface area (Å²) in [5.74, 6) is 0. The Kier molecular flexibility index (Phi) is 6.24. The van der Waals surface area contributed by atoms with E-state index in [-0.39, 0.29) is 12.2 Å². The monoisotopic (exact) mass is 283 g/mol. The number of morpholine rings is 1. The molecule has 0 bridgehead atoms. The van der Waals surface area contributed by atoms with Crippen molar-refractivity contribution >= 4 is 6.09 Å². The molecular weight excluding hydrogens is 258 g/mol. The van der Waals surface area contributed by atoms with Gasteiger partial charge in [0.2, 0.25) is 6.54 Å². The van der Waals surface area contributed by atoms with E-state index < -0.39 is 5.60 Å². The number of nitrogens with zero attached hydrogens (tertiary/aromatic N) is 3. The largest absolute Gasteiger partial charge is 0.444 e. The molecule has 1 aliphatic rings. The van der Waals surface area contributed by atoms with Crippen LogP contribution in [0, 0.1) is 6.57 Å². The maximum Gasteiger partial charge on any atom is 0.410 e. The zero-order chi connectivity index (χ0) is 15.2. The molecule has 1 rings (SSSR count). The average molecular weight is 283 g/mol. The fourth-order valence-corrected chi connectivity index (χ4v) is 1.92. The number of carbonyl (C=O) groups is 1. The molecule has 0 aromatic carbocycles. The molecule has 0 aromatic rings. The average Bonchev–Trinajstić information content (AvgIpc) is 2.35. The minimum absolute atomic E-state index is 0.00640.